The van der Waals surface area contributed by atoms with Crippen molar-refractivity contribution in [1.29, 1.82) is 0 Å². The van der Waals surface area contributed by atoms with Crippen LogP contribution in [0, 0.1) is 13.8 Å². The summed E-state index contributed by atoms with van der Waals surface area (Å²) in [5.41, 5.74) is 4.86. The van der Waals surface area contributed by atoms with Gasteiger partial charge < -0.3 is 9.52 Å². The smallest absolute Gasteiger partial charge is 0.196 e. The van der Waals surface area contributed by atoms with E-state index in [9.17, 15) is 9.90 Å². The van der Waals surface area contributed by atoms with Crippen molar-refractivity contribution in [3.05, 3.63) is 87.4 Å². The Labute approximate surface area is 160 Å². The first-order chi connectivity index (χ1) is 13.0. The fourth-order valence-corrected chi connectivity index (χ4v) is 3.47. The van der Waals surface area contributed by atoms with Crippen molar-refractivity contribution < 1.29 is 14.3 Å². The van der Waals surface area contributed by atoms with Gasteiger partial charge in [0.15, 0.2) is 5.78 Å². The molecule has 0 aliphatic heterocycles. The molecule has 1 heterocycles. The average molecular weight is 362 g/mol. The van der Waals surface area contributed by atoms with Gasteiger partial charge in [-0.2, -0.15) is 0 Å². The van der Waals surface area contributed by atoms with Crippen LogP contribution in [0.5, 0.6) is 5.75 Å². The maximum absolute atomic E-state index is 13.4. The van der Waals surface area contributed by atoms with E-state index < -0.39 is 0 Å². The Hall–Kier alpha value is -2.81. The van der Waals surface area contributed by atoms with Crippen molar-refractivity contribution in [1.82, 2.24) is 0 Å². The highest BCUT2D eigenvalue weighted by atomic mass is 16.3. The van der Waals surface area contributed by atoms with Crippen molar-refractivity contribution in [2.45, 2.75) is 47.0 Å². The zero-order valence-corrected chi connectivity index (χ0v) is 16.4. The molecule has 3 nitrogen and oxygen atoms in total. The van der Waals surface area contributed by atoms with Gasteiger partial charge >= 0.3 is 0 Å². The normalized spacial score (nSPS) is 11.0. The Bertz CT molecular complexity index is 940. The zero-order valence-electron chi connectivity index (χ0n) is 16.4. The average Bonchev–Trinajstić information content (AvgIpc) is 2.95. The lowest BCUT2D eigenvalue weighted by molar-refractivity contribution is 0.103. The third-order valence-electron chi connectivity index (χ3n) is 5.18. The molecule has 1 aromatic heterocycles. The fraction of sp³-hybridized carbons (Fsp3) is 0.292. The number of benzene rings is 2. The van der Waals surface area contributed by atoms with Gasteiger partial charge in [0.1, 0.15) is 17.3 Å². The highest BCUT2D eigenvalue weighted by molar-refractivity contribution is 6.11. The van der Waals surface area contributed by atoms with Crippen molar-refractivity contribution >= 4 is 5.78 Å². The quantitative estimate of drug-likeness (QED) is 0.585. The molecule has 140 valence electrons. The van der Waals surface area contributed by atoms with E-state index in [2.05, 4.69) is 0 Å². The van der Waals surface area contributed by atoms with E-state index in [0.717, 1.165) is 28.0 Å². The summed E-state index contributed by atoms with van der Waals surface area (Å²) in [6.45, 7) is 7.79. The summed E-state index contributed by atoms with van der Waals surface area (Å²) in [6, 6.07) is 13.6. The molecule has 1 N–H and O–H groups in total. The van der Waals surface area contributed by atoms with Gasteiger partial charge in [-0.25, -0.2) is 0 Å². The Morgan fingerprint density at radius 1 is 1.00 bits per heavy atom. The largest absolute Gasteiger partial charge is 0.507 e. The minimum atomic E-state index is -0.0420. The Morgan fingerprint density at radius 3 is 2.15 bits per heavy atom. The van der Waals surface area contributed by atoms with Gasteiger partial charge in [0.2, 0.25) is 0 Å². The molecule has 0 spiro atoms. The predicted molar refractivity (Wildman–Crippen MR) is 108 cm³/mol. The second-order valence-corrected chi connectivity index (χ2v) is 6.92. The van der Waals surface area contributed by atoms with Crippen LogP contribution in [0.4, 0.5) is 0 Å². The molecule has 3 heteroatoms. The highest BCUT2D eigenvalue weighted by Crippen LogP contribution is 2.30. The Kier molecular flexibility index (Phi) is 5.50. The zero-order chi connectivity index (χ0) is 19.6. The molecule has 3 aromatic rings. The summed E-state index contributed by atoms with van der Waals surface area (Å²) in [5, 5.41) is 10.3. The first kappa shape index (κ1) is 19.0. The van der Waals surface area contributed by atoms with Crippen molar-refractivity contribution in [2.75, 3.05) is 0 Å². The predicted octanol–water partition coefficient (Wildman–Crippen LogP) is 5.55. The molecule has 0 bridgehead atoms. The number of hydrogen-bond acceptors (Lipinski definition) is 3. The molecule has 2 aromatic carbocycles. The molecule has 0 radical (unpaired) electrons. The summed E-state index contributed by atoms with van der Waals surface area (Å²) >= 11 is 0. The number of rotatable bonds is 6. The van der Waals surface area contributed by atoms with Crippen molar-refractivity contribution in [3.8, 4) is 5.75 Å². The number of carbonyl (C=O) groups is 1. The molecule has 0 fully saturated rings. The molecule has 0 aliphatic carbocycles. The van der Waals surface area contributed by atoms with E-state index in [1.54, 1.807) is 0 Å². The van der Waals surface area contributed by atoms with E-state index in [0.29, 0.717) is 41.9 Å². The molecule has 0 unspecified atom stereocenters. The topological polar surface area (TPSA) is 50.4 Å². The molecule has 0 aliphatic rings. The van der Waals surface area contributed by atoms with Crippen molar-refractivity contribution in [2.24, 2.45) is 0 Å². The summed E-state index contributed by atoms with van der Waals surface area (Å²) in [5.74, 6) is 1.74. The van der Waals surface area contributed by atoms with Crippen LogP contribution in [0.15, 0.2) is 46.9 Å². The van der Waals surface area contributed by atoms with E-state index in [-0.39, 0.29) is 5.78 Å². The number of furan rings is 1. The van der Waals surface area contributed by atoms with E-state index in [1.807, 2.05) is 70.2 Å². The number of phenols is 1. The van der Waals surface area contributed by atoms with E-state index in [4.69, 9.17) is 4.42 Å². The number of carbonyl (C=O) groups excluding carboxylic acids is 1. The van der Waals surface area contributed by atoms with Crippen LogP contribution in [0.2, 0.25) is 0 Å². The summed E-state index contributed by atoms with van der Waals surface area (Å²) in [4.78, 5) is 13.4. The molecule has 0 amide bonds. The SMILES string of the molecule is CCc1cc(C(=O)c2c(Cc3ccccc3)oc(C)c2C)cc(CC)c1O. The lowest BCUT2D eigenvalue weighted by Crippen LogP contribution is -2.07. The Balaban J connectivity index is 2.07. The van der Waals surface area contributed by atoms with Crippen LogP contribution in [-0.2, 0) is 19.3 Å². The number of ketones is 1. The summed E-state index contributed by atoms with van der Waals surface area (Å²) in [7, 11) is 0. The minimum absolute atomic E-state index is 0.0420. The number of aromatic hydroxyl groups is 1. The maximum Gasteiger partial charge on any atom is 0.196 e. The van der Waals surface area contributed by atoms with Gasteiger partial charge in [-0.15, -0.1) is 0 Å². The first-order valence-electron chi connectivity index (χ1n) is 9.48. The lowest BCUT2D eigenvalue weighted by atomic mass is 9.93. The minimum Gasteiger partial charge on any atom is -0.507 e. The number of phenolic OH excluding ortho intramolecular Hbond substituents is 1. The highest BCUT2D eigenvalue weighted by Gasteiger charge is 2.24. The molecule has 27 heavy (non-hydrogen) atoms. The second kappa shape index (κ2) is 7.83. The van der Waals surface area contributed by atoms with Crippen LogP contribution < -0.4 is 0 Å². The molecule has 3 rings (SSSR count). The Morgan fingerprint density at radius 2 is 1.59 bits per heavy atom. The van der Waals surface area contributed by atoms with E-state index in [1.165, 1.54) is 0 Å². The molecular formula is C24H26O3. The van der Waals surface area contributed by atoms with Crippen LogP contribution >= 0.6 is 0 Å². The number of hydrogen-bond donors (Lipinski definition) is 1. The third-order valence-corrected chi connectivity index (χ3v) is 5.18. The van der Waals surface area contributed by atoms with Gasteiger partial charge in [0, 0.05) is 17.5 Å². The third kappa shape index (κ3) is 3.68. The lowest BCUT2D eigenvalue weighted by Gasteiger charge is -2.11. The number of aryl methyl sites for hydroxylation is 3. The monoisotopic (exact) mass is 362 g/mol. The van der Waals surface area contributed by atoms with Gasteiger partial charge in [-0.1, -0.05) is 44.2 Å². The van der Waals surface area contributed by atoms with Crippen LogP contribution in [-0.4, -0.2) is 10.9 Å². The van der Waals surface area contributed by atoms with Crippen LogP contribution in [0.3, 0.4) is 0 Å². The maximum atomic E-state index is 13.4. The summed E-state index contributed by atoms with van der Waals surface area (Å²) in [6.07, 6.45) is 1.94. The molecule has 0 atom stereocenters. The first-order valence-corrected chi connectivity index (χ1v) is 9.48. The van der Waals surface area contributed by atoms with Gasteiger partial charge in [0.25, 0.3) is 0 Å². The molecule has 0 saturated heterocycles. The van der Waals surface area contributed by atoms with E-state index >= 15 is 0 Å². The van der Waals surface area contributed by atoms with Crippen LogP contribution in [0.25, 0.3) is 0 Å². The summed E-state index contributed by atoms with van der Waals surface area (Å²) < 4.78 is 5.96. The van der Waals surface area contributed by atoms with Gasteiger partial charge in [-0.05, 0) is 55.5 Å². The molecular weight excluding hydrogens is 336 g/mol. The van der Waals surface area contributed by atoms with Crippen molar-refractivity contribution in [3.63, 3.8) is 0 Å². The molecule has 0 saturated carbocycles. The van der Waals surface area contributed by atoms with Gasteiger partial charge in [0.05, 0.1) is 5.56 Å². The van der Waals surface area contributed by atoms with Crippen LogP contribution in [0.1, 0.15) is 63.5 Å². The standard InChI is InChI=1S/C24H26O3/c1-5-18-13-20(14-19(6-2)23(18)25)24(26)22-15(3)16(4)27-21(22)12-17-10-8-7-9-11-17/h7-11,13-14,25H,5-6,12H2,1-4H3. The second-order valence-electron chi connectivity index (χ2n) is 6.92. The fourth-order valence-electron chi connectivity index (χ4n) is 3.47. The van der Waals surface area contributed by atoms with Gasteiger partial charge in [-0.3, -0.25) is 4.79 Å².